The molecule has 0 saturated carbocycles. The molecule has 0 aliphatic carbocycles. The van der Waals surface area contributed by atoms with Gasteiger partial charge < -0.3 is 5.32 Å². The molecule has 1 aromatic heterocycles. The number of rotatable bonds is 3. The highest BCUT2D eigenvalue weighted by Crippen LogP contribution is 2.30. The first-order chi connectivity index (χ1) is 8.90. The maximum absolute atomic E-state index is 4.18. The van der Waals surface area contributed by atoms with Gasteiger partial charge in [-0.25, -0.2) is 0 Å². The van der Waals surface area contributed by atoms with Crippen LogP contribution in [0.4, 0.5) is 0 Å². The van der Waals surface area contributed by atoms with Crippen LogP contribution in [-0.2, 0) is 0 Å². The largest absolute Gasteiger partial charge is 0.309 e. The Morgan fingerprint density at radius 3 is 2.72 bits per heavy atom. The number of nitrogens with one attached hydrogen (secondary N) is 1. The molecule has 1 unspecified atom stereocenters. The highest BCUT2D eigenvalue weighted by molar-refractivity contribution is 7.09. The van der Waals surface area contributed by atoms with E-state index in [9.17, 15) is 0 Å². The molecular formula is C15H14N2S. The minimum atomic E-state index is 0.212. The molecule has 0 saturated heterocycles. The lowest BCUT2D eigenvalue weighted by Crippen LogP contribution is -2.16. The fourth-order valence-electron chi connectivity index (χ4n) is 2.32. The predicted octanol–water partition coefficient (Wildman–Crippen LogP) is 3.61. The summed E-state index contributed by atoms with van der Waals surface area (Å²) in [4.78, 5) is 5.42. The molecule has 0 fully saturated rings. The highest BCUT2D eigenvalue weighted by atomic mass is 32.1. The molecule has 90 valence electrons. The van der Waals surface area contributed by atoms with Crippen LogP contribution in [0.15, 0.2) is 54.2 Å². The Labute approximate surface area is 110 Å². The van der Waals surface area contributed by atoms with Gasteiger partial charge in [0.1, 0.15) is 0 Å². The Bertz CT molecular complexity index is 641. The molecule has 18 heavy (non-hydrogen) atoms. The average Bonchev–Trinajstić information content (AvgIpc) is 2.94. The first-order valence-corrected chi connectivity index (χ1v) is 6.81. The lowest BCUT2D eigenvalue weighted by molar-refractivity contribution is 0.707. The van der Waals surface area contributed by atoms with Crippen molar-refractivity contribution in [3.63, 3.8) is 0 Å². The summed E-state index contributed by atoms with van der Waals surface area (Å²) in [7, 11) is 1.99. The Balaban J connectivity index is 2.18. The number of nitrogens with zero attached hydrogens (tertiary/aromatic N) is 1. The van der Waals surface area contributed by atoms with Gasteiger partial charge in [0, 0.05) is 11.1 Å². The van der Waals surface area contributed by atoms with Gasteiger partial charge in [-0.15, -0.1) is 11.3 Å². The van der Waals surface area contributed by atoms with E-state index in [1.54, 1.807) is 11.3 Å². The molecular weight excluding hydrogens is 240 g/mol. The van der Waals surface area contributed by atoms with E-state index in [-0.39, 0.29) is 6.04 Å². The molecule has 3 rings (SSSR count). The number of benzene rings is 2. The maximum atomic E-state index is 4.18. The van der Waals surface area contributed by atoms with Gasteiger partial charge in [-0.05, 0) is 23.4 Å². The molecule has 3 heteroatoms. The molecule has 1 heterocycles. The normalized spacial score (nSPS) is 12.7. The van der Waals surface area contributed by atoms with Gasteiger partial charge in [-0.1, -0.05) is 42.5 Å². The maximum Gasteiger partial charge on any atom is 0.0794 e. The average molecular weight is 254 g/mol. The highest BCUT2D eigenvalue weighted by Gasteiger charge is 2.15. The minimum absolute atomic E-state index is 0.212. The van der Waals surface area contributed by atoms with E-state index in [1.807, 2.05) is 18.8 Å². The van der Waals surface area contributed by atoms with Crippen molar-refractivity contribution < 1.29 is 0 Å². The molecule has 2 aromatic carbocycles. The molecule has 0 bridgehead atoms. The Morgan fingerprint density at radius 1 is 1.11 bits per heavy atom. The lowest BCUT2D eigenvalue weighted by Gasteiger charge is -2.17. The first kappa shape index (κ1) is 11.4. The standard InChI is InChI=1S/C15H14N2S/c1-16-15(14-9-17-10-18-14)13-8-4-6-11-5-2-3-7-12(11)13/h2-10,15-16H,1H3. The van der Waals surface area contributed by atoms with E-state index >= 15 is 0 Å². The quantitative estimate of drug-likeness (QED) is 0.772. The fraction of sp³-hybridized carbons (Fsp3) is 0.133. The summed E-state index contributed by atoms with van der Waals surface area (Å²) in [5.74, 6) is 0. The number of hydrogen-bond acceptors (Lipinski definition) is 3. The van der Waals surface area contributed by atoms with E-state index in [2.05, 4.69) is 52.8 Å². The summed E-state index contributed by atoms with van der Waals surface area (Å²) in [6.07, 6.45) is 1.94. The topological polar surface area (TPSA) is 24.9 Å². The van der Waals surface area contributed by atoms with Crippen molar-refractivity contribution in [2.45, 2.75) is 6.04 Å². The van der Waals surface area contributed by atoms with Crippen molar-refractivity contribution in [3.05, 3.63) is 64.6 Å². The van der Waals surface area contributed by atoms with Crippen LogP contribution < -0.4 is 5.32 Å². The molecule has 1 N–H and O–H groups in total. The lowest BCUT2D eigenvalue weighted by atomic mass is 9.98. The van der Waals surface area contributed by atoms with Crippen LogP contribution in [-0.4, -0.2) is 12.0 Å². The molecule has 0 aliphatic heterocycles. The van der Waals surface area contributed by atoms with Crippen LogP contribution in [0.5, 0.6) is 0 Å². The third kappa shape index (κ3) is 1.92. The van der Waals surface area contributed by atoms with Crippen LogP contribution in [0.2, 0.25) is 0 Å². The summed E-state index contributed by atoms with van der Waals surface area (Å²) in [6, 6.07) is 15.2. The Morgan fingerprint density at radius 2 is 1.94 bits per heavy atom. The number of aromatic nitrogens is 1. The van der Waals surface area contributed by atoms with E-state index in [0.29, 0.717) is 0 Å². The summed E-state index contributed by atoms with van der Waals surface area (Å²) in [6.45, 7) is 0. The smallest absolute Gasteiger partial charge is 0.0794 e. The monoisotopic (exact) mass is 254 g/mol. The number of fused-ring (bicyclic) bond motifs is 1. The summed E-state index contributed by atoms with van der Waals surface area (Å²) >= 11 is 1.69. The van der Waals surface area contributed by atoms with Crippen molar-refractivity contribution in [2.24, 2.45) is 0 Å². The SMILES string of the molecule is CNC(c1cncs1)c1cccc2ccccc12. The van der Waals surface area contributed by atoms with Gasteiger partial charge >= 0.3 is 0 Å². The van der Waals surface area contributed by atoms with Gasteiger partial charge in [0.15, 0.2) is 0 Å². The predicted molar refractivity (Wildman–Crippen MR) is 77.0 cm³/mol. The Hall–Kier alpha value is -1.71. The van der Waals surface area contributed by atoms with Gasteiger partial charge in [0.25, 0.3) is 0 Å². The van der Waals surface area contributed by atoms with Crippen LogP contribution in [0.3, 0.4) is 0 Å². The number of hydrogen-bond donors (Lipinski definition) is 1. The van der Waals surface area contributed by atoms with E-state index in [4.69, 9.17) is 0 Å². The Kier molecular flexibility index (Phi) is 3.09. The molecule has 0 aliphatic rings. The van der Waals surface area contributed by atoms with Crippen molar-refractivity contribution in [1.82, 2.24) is 10.3 Å². The molecule has 2 nitrogen and oxygen atoms in total. The third-order valence-electron chi connectivity index (χ3n) is 3.16. The van der Waals surface area contributed by atoms with E-state index in [0.717, 1.165) is 0 Å². The van der Waals surface area contributed by atoms with Crippen LogP contribution >= 0.6 is 11.3 Å². The van der Waals surface area contributed by atoms with Crippen molar-refractivity contribution in [1.29, 1.82) is 0 Å². The molecule has 3 aromatic rings. The van der Waals surface area contributed by atoms with Crippen LogP contribution in [0.1, 0.15) is 16.5 Å². The van der Waals surface area contributed by atoms with Crippen molar-refractivity contribution in [3.8, 4) is 0 Å². The zero-order valence-corrected chi connectivity index (χ0v) is 10.9. The molecule has 0 spiro atoms. The second-order valence-corrected chi connectivity index (χ2v) is 5.11. The third-order valence-corrected chi connectivity index (χ3v) is 4.00. The minimum Gasteiger partial charge on any atom is -0.309 e. The fourth-order valence-corrected chi connectivity index (χ4v) is 3.07. The van der Waals surface area contributed by atoms with Crippen LogP contribution in [0.25, 0.3) is 10.8 Å². The zero-order chi connectivity index (χ0) is 12.4. The molecule has 0 amide bonds. The molecule has 0 radical (unpaired) electrons. The molecule has 1 atom stereocenters. The summed E-state index contributed by atoms with van der Waals surface area (Å²) in [5, 5.41) is 5.96. The van der Waals surface area contributed by atoms with E-state index in [1.165, 1.54) is 21.2 Å². The second-order valence-electron chi connectivity index (χ2n) is 4.19. The zero-order valence-electron chi connectivity index (χ0n) is 10.1. The first-order valence-electron chi connectivity index (χ1n) is 5.93. The number of thiazole rings is 1. The van der Waals surface area contributed by atoms with Gasteiger partial charge in [-0.2, -0.15) is 0 Å². The van der Waals surface area contributed by atoms with Gasteiger partial charge in [0.05, 0.1) is 11.6 Å². The van der Waals surface area contributed by atoms with E-state index < -0.39 is 0 Å². The second kappa shape index (κ2) is 4.88. The van der Waals surface area contributed by atoms with Gasteiger partial charge in [-0.3, -0.25) is 4.98 Å². The summed E-state index contributed by atoms with van der Waals surface area (Å²) in [5.41, 5.74) is 3.19. The summed E-state index contributed by atoms with van der Waals surface area (Å²) < 4.78 is 0. The van der Waals surface area contributed by atoms with Crippen LogP contribution in [0, 0.1) is 0 Å². The van der Waals surface area contributed by atoms with Crippen molar-refractivity contribution >= 4 is 22.1 Å². The van der Waals surface area contributed by atoms with Gasteiger partial charge in [0.2, 0.25) is 0 Å². The van der Waals surface area contributed by atoms with Crippen molar-refractivity contribution in [2.75, 3.05) is 7.05 Å².